The van der Waals surface area contributed by atoms with Crippen molar-refractivity contribution in [3.8, 4) is 0 Å². The molecular formula is C11H21NO3S2. The van der Waals surface area contributed by atoms with Gasteiger partial charge < -0.3 is 9.57 Å². The molecule has 6 heteroatoms. The van der Waals surface area contributed by atoms with Gasteiger partial charge in [0.05, 0.1) is 5.25 Å². The van der Waals surface area contributed by atoms with Gasteiger partial charge in [0.2, 0.25) is 4.38 Å². The smallest absolute Gasteiger partial charge is 0.245 e. The Bertz CT molecular complexity index is 245. The number of carbonyl (C=O) groups excluding carboxylic acids is 1. The number of hydroxylamine groups is 2. The highest BCUT2D eigenvalue weighted by atomic mass is 32.2. The van der Waals surface area contributed by atoms with E-state index in [9.17, 15) is 4.79 Å². The Hall–Kier alpha value is -0.170. The number of rotatable bonds is 8. The summed E-state index contributed by atoms with van der Waals surface area (Å²) in [5.74, 6) is 0.0300. The minimum absolute atomic E-state index is 0.0300. The molecule has 0 N–H and O–H groups in total. The SMILES string of the molecule is CCOCC(=O)C(C)SC(=S)ON(CC)CC. The van der Waals surface area contributed by atoms with Gasteiger partial charge in [-0.2, -0.15) is 0 Å². The Kier molecular flexibility index (Phi) is 9.72. The van der Waals surface area contributed by atoms with Crippen LogP contribution in [0.2, 0.25) is 0 Å². The van der Waals surface area contributed by atoms with E-state index < -0.39 is 0 Å². The van der Waals surface area contributed by atoms with Gasteiger partial charge in [0, 0.05) is 19.7 Å². The molecule has 0 amide bonds. The summed E-state index contributed by atoms with van der Waals surface area (Å²) in [6, 6.07) is 0. The zero-order valence-corrected chi connectivity index (χ0v) is 12.5. The maximum Gasteiger partial charge on any atom is 0.245 e. The van der Waals surface area contributed by atoms with Crippen LogP contribution < -0.4 is 0 Å². The van der Waals surface area contributed by atoms with Crippen LogP contribution in [0.5, 0.6) is 0 Å². The molecule has 1 atom stereocenters. The number of nitrogens with zero attached hydrogens (tertiary/aromatic N) is 1. The molecule has 0 spiro atoms. The molecule has 100 valence electrons. The van der Waals surface area contributed by atoms with Gasteiger partial charge in [-0.1, -0.05) is 11.8 Å². The summed E-state index contributed by atoms with van der Waals surface area (Å²) in [7, 11) is 0. The average Bonchev–Trinajstić information content (AvgIpc) is 2.32. The molecule has 0 rings (SSSR count). The van der Waals surface area contributed by atoms with E-state index >= 15 is 0 Å². The van der Waals surface area contributed by atoms with Crippen molar-refractivity contribution >= 4 is 34.1 Å². The molecule has 0 radical (unpaired) electrons. The van der Waals surface area contributed by atoms with Gasteiger partial charge in [0.15, 0.2) is 5.78 Å². The van der Waals surface area contributed by atoms with E-state index in [1.54, 1.807) is 5.06 Å². The Balaban J connectivity index is 3.97. The molecule has 1 unspecified atom stereocenters. The third-order valence-corrected chi connectivity index (χ3v) is 3.33. The standard InChI is InChI=1S/C11H21NO3S2/c1-5-12(6-2)15-11(16)17-9(4)10(13)8-14-7-3/h9H,5-8H2,1-4H3. The van der Waals surface area contributed by atoms with Crippen molar-refractivity contribution in [1.29, 1.82) is 0 Å². The van der Waals surface area contributed by atoms with Gasteiger partial charge in [-0.15, -0.1) is 5.06 Å². The van der Waals surface area contributed by atoms with Gasteiger partial charge in [0.25, 0.3) is 0 Å². The van der Waals surface area contributed by atoms with Crippen LogP contribution in [0.4, 0.5) is 0 Å². The van der Waals surface area contributed by atoms with Crippen LogP contribution >= 0.6 is 24.0 Å². The molecule has 0 aliphatic heterocycles. The molecule has 0 fully saturated rings. The van der Waals surface area contributed by atoms with Crippen LogP contribution in [-0.2, 0) is 14.4 Å². The molecule has 0 saturated heterocycles. The summed E-state index contributed by atoms with van der Waals surface area (Å²) < 4.78 is 5.44. The van der Waals surface area contributed by atoms with Crippen LogP contribution in [0.15, 0.2) is 0 Å². The van der Waals surface area contributed by atoms with E-state index in [-0.39, 0.29) is 17.6 Å². The van der Waals surface area contributed by atoms with E-state index in [0.29, 0.717) is 11.0 Å². The largest absolute Gasteiger partial charge is 0.387 e. The maximum atomic E-state index is 11.6. The molecule has 17 heavy (non-hydrogen) atoms. The summed E-state index contributed by atoms with van der Waals surface area (Å²) in [5.41, 5.74) is 0. The molecule has 0 aromatic rings. The third kappa shape index (κ3) is 7.70. The van der Waals surface area contributed by atoms with Crippen molar-refractivity contribution < 1.29 is 14.4 Å². The van der Waals surface area contributed by atoms with E-state index in [2.05, 4.69) is 0 Å². The Morgan fingerprint density at radius 2 is 1.94 bits per heavy atom. The lowest BCUT2D eigenvalue weighted by Gasteiger charge is -2.19. The molecule has 0 bridgehead atoms. The third-order valence-electron chi connectivity index (χ3n) is 2.08. The highest BCUT2D eigenvalue weighted by molar-refractivity contribution is 8.23. The zero-order chi connectivity index (χ0) is 13.3. The summed E-state index contributed by atoms with van der Waals surface area (Å²) in [6.45, 7) is 9.85. The van der Waals surface area contributed by atoms with Crippen molar-refractivity contribution in [2.24, 2.45) is 0 Å². The molecular weight excluding hydrogens is 258 g/mol. The topological polar surface area (TPSA) is 38.8 Å². The minimum atomic E-state index is -0.232. The lowest BCUT2D eigenvalue weighted by molar-refractivity contribution is -0.122. The predicted molar refractivity (Wildman–Crippen MR) is 75.2 cm³/mol. The lowest BCUT2D eigenvalue weighted by Crippen LogP contribution is -2.27. The molecule has 0 aromatic heterocycles. The first-order chi connectivity index (χ1) is 8.04. The number of ether oxygens (including phenoxy) is 1. The lowest BCUT2D eigenvalue weighted by atomic mass is 10.3. The molecule has 0 aliphatic carbocycles. The summed E-state index contributed by atoms with van der Waals surface area (Å²) in [4.78, 5) is 17.0. The maximum absolute atomic E-state index is 11.6. The van der Waals surface area contributed by atoms with Gasteiger partial charge in [0.1, 0.15) is 6.61 Å². The summed E-state index contributed by atoms with van der Waals surface area (Å²) >= 11 is 6.33. The van der Waals surface area contributed by atoms with Crippen molar-refractivity contribution in [1.82, 2.24) is 5.06 Å². The Labute approximate surface area is 113 Å². The molecule has 0 aromatic carbocycles. The van der Waals surface area contributed by atoms with Crippen LogP contribution in [0.3, 0.4) is 0 Å². The minimum Gasteiger partial charge on any atom is -0.387 e. The summed E-state index contributed by atoms with van der Waals surface area (Å²) in [6.07, 6.45) is 0. The number of hydrogen-bond donors (Lipinski definition) is 0. The fraction of sp³-hybridized carbons (Fsp3) is 0.818. The van der Waals surface area contributed by atoms with Crippen molar-refractivity contribution in [3.63, 3.8) is 0 Å². The number of ketones is 1. The molecule has 0 aliphatic rings. The monoisotopic (exact) mass is 279 g/mol. The predicted octanol–water partition coefficient (Wildman–Crippen LogP) is 2.27. The van der Waals surface area contributed by atoms with E-state index in [1.165, 1.54) is 11.8 Å². The summed E-state index contributed by atoms with van der Waals surface area (Å²) in [5, 5.41) is 1.51. The first kappa shape index (κ1) is 16.8. The molecule has 4 nitrogen and oxygen atoms in total. The Morgan fingerprint density at radius 3 is 2.41 bits per heavy atom. The van der Waals surface area contributed by atoms with Crippen LogP contribution in [0.1, 0.15) is 27.7 Å². The van der Waals surface area contributed by atoms with Crippen molar-refractivity contribution in [3.05, 3.63) is 0 Å². The van der Waals surface area contributed by atoms with Crippen LogP contribution in [-0.4, -0.2) is 46.8 Å². The highest BCUT2D eigenvalue weighted by Crippen LogP contribution is 2.16. The van der Waals surface area contributed by atoms with Crippen LogP contribution in [0, 0.1) is 0 Å². The number of thioether (sulfide) groups is 1. The normalized spacial score (nSPS) is 12.5. The second-order valence-electron chi connectivity index (χ2n) is 3.32. The van der Waals surface area contributed by atoms with E-state index in [4.69, 9.17) is 21.8 Å². The second kappa shape index (κ2) is 9.82. The second-order valence-corrected chi connectivity index (χ2v) is 5.26. The van der Waals surface area contributed by atoms with E-state index in [1.807, 2.05) is 27.7 Å². The number of carbonyl (C=O) groups is 1. The van der Waals surface area contributed by atoms with Gasteiger partial charge in [-0.3, -0.25) is 4.79 Å². The molecule has 0 saturated carbocycles. The van der Waals surface area contributed by atoms with Gasteiger partial charge >= 0.3 is 0 Å². The first-order valence-corrected chi connectivity index (χ1v) is 7.07. The quantitative estimate of drug-likeness (QED) is 0.501. The van der Waals surface area contributed by atoms with Gasteiger partial charge in [-0.25, -0.2) is 0 Å². The average molecular weight is 279 g/mol. The molecule has 0 heterocycles. The zero-order valence-electron chi connectivity index (χ0n) is 10.9. The fourth-order valence-electron chi connectivity index (χ4n) is 1.01. The Morgan fingerprint density at radius 1 is 1.35 bits per heavy atom. The highest BCUT2D eigenvalue weighted by Gasteiger charge is 2.17. The van der Waals surface area contributed by atoms with E-state index in [0.717, 1.165) is 13.1 Å². The first-order valence-electron chi connectivity index (χ1n) is 5.79. The number of thiocarbonyl (C=S) groups is 1. The fourth-order valence-corrected chi connectivity index (χ4v) is 2.18. The number of hydrogen-bond acceptors (Lipinski definition) is 6. The van der Waals surface area contributed by atoms with Crippen molar-refractivity contribution in [2.75, 3.05) is 26.3 Å². The van der Waals surface area contributed by atoms with Gasteiger partial charge in [-0.05, 0) is 39.9 Å². The van der Waals surface area contributed by atoms with Crippen LogP contribution in [0.25, 0.3) is 0 Å². The van der Waals surface area contributed by atoms with Crippen molar-refractivity contribution in [2.45, 2.75) is 32.9 Å². The number of Topliss-reactive ketones (excluding diaryl/α,β-unsaturated/α-hetero) is 1.